The van der Waals surface area contributed by atoms with E-state index in [9.17, 15) is 0 Å². The number of likely N-dealkylation sites (tertiary alicyclic amines) is 1. The first-order valence-corrected chi connectivity index (χ1v) is 8.11. The standard InChI is InChI=1S/C16H30N2O2/c1-15(2)14-13(6-8-20-14)16(15,17)11-18-7-4-5-12(9-18)10-19-3/h12-14H,4-11,17H2,1-3H3. The average molecular weight is 282 g/mol. The van der Waals surface area contributed by atoms with Crippen LogP contribution in [0.1, 0.15) is 33.1 Å². The molecule has 1 aliphatic carbocycles. The van der Waals surface area contributed by atoms with Crippen molar-refractivity contribution in [1.82, 2.24) is 4.90 Å². The van der Waals surface area contributed by atoms with Gasteiger partial charge in [-0.05, 0) is 31.7 Å². The Balaban J connectivity index is 1.64. The molecule has 4 atom stereocenters. The topological polar surface area (TPSA) is 47.7 Å². The van der Waals surface area contributed by atoms with E-state index >= 15 is 0 Å². The van der Waals surface area contributed by atoms with Crippen molar-refractivity contribution < 1.29 is 9.47 Å². The molecule has 2 N–H and O–H groups in total. The molecule has 4 heteroatoms. The van der Waals surface area contributed by atoms with Gasteiger partial charge in [0.2, 0.25) is 0 Å². The highest BCUT2D eigenvalue weighted by molar-refractivity contribution is 5.21. The molecule has 0 aromatic rings. The highest BCUT2D eigenvalue weighted by Crippen LogP contribution is 2.58. The van der Waals surface area contributed by atoms with Crippen molar-refractivity contribution >= 4 is 0 Å². The molecule has 3 rings (SSSR count). The molecule has 2 aliphatic heterocycles. The first-order valence-electron chi connectivity index (χ1n) is 8.11. The molecule has 20 heavy (non-hydrogen) atoms. The zero-order valence-corrected chi connectivity index (χ0v) is 13.2. The summed E-state index contributed by atoms with van der Waals surface area (Å²) in [5.41, 5.74) is 6.88. The predicted molar refractivity (Wildman–Crippen MR) is 79.6 cm³/mol. The van der Waals surface area contributed by atoms with Crippen molar-refractivity contribution in [3.63, 3.8) is 0 Å². The third kappa shape index (κ3) is 2.12. The maximum atomic E-state index is 6.86. The van der Waals surface area contributed by atoms with Gasteiger partial charge in [-0.15, -0.1) is 0 Å². The SMILES string of the molecule is COCC1CCCN(CC2(N)C3CCOC3C2(C)C)C1. The molecule has 0 spiro atoms. The van der Waals surface area contributed by atoms with Crippen molar-refractivity contribution in [1.29, 1.82) is 0 Å². The Morgan fingerprint density at radius 1 is 1.35 bits per heavy atom. The summed E-state index contributed by atoms with van der Waals surface area (Å²) in [6.07, 6.45) is 4.09. The zero-order chi connectivity index (χ0) is 14.4. The van der Waals surface area contributed by atoms with Crippen LogP contribution in [0.15, 0.2) is 0 Å². The van der Waals surface area contributed by atoms with Crippen LogP contribution in [0.5, 0.6) is 0 Å². The maximum absolute atomic E-state index is 6.86. The van der Waals surface area contributed by atoms with Gasteiger partial charge in [-0.25, -0.2) is 0 Å². The number of piperidine rings is 1. The van der Waals surface area contributed by atoms with E-state index in [4.69, 9.17) is 15.2 Å². The summed E-state index contributed by atoms with van der Waals surface area (Å²) in [7, 11) is 1.80. The molecule has 0 bridgehead atoms. The number of nitrogens with zero attached hydrogens (tertiary/aromatic N) is 1. The largest absolute Gasteiger partial charge is 0.384 e. The van der Waals surface area contributed by atoms with Crippen LogP contribution in [-0.2, 0) is 9.47 Å². The highest BCUT2D eigenvalue weighted by Gasteiger charge is 2.67. The third-order valence-electron chi connectivity index (χ3n) is 6.16. The molecule has 3 aliphatic rings. The fourth-order valence-electron chi connectivity index (χ4n) is 4.83. The number of rotatable bonds is 4. The summed E-state index contributed by atoms with van der Waals surface area (Å²) in [5, 5.41) is 0. The van der Waals surface area contributed by atoms with E-state index in [2.05, 4.69) is 18.7 Å². The molecule has 2 saturated heterocycles. The lowest BCUT2D eigenvalue weighted by Gasteiger charge is -2.63. The summed E-state index contributed by atoms with van der Waals surface area (Å²) in [4.78, 5) is 2.57. The van der Waals surface area contributed by atoms with Crippen LogP contribution in [0.25, 0.3) is 0 Å². The molecule has 1 saturated carbocycles. The number of nitrogens with two attached hydrogens (primary N) is 1. The highest BCUT2D eigenvalue weighted by atomic mass is 16.5. The van der Waals surface area contributed by atoms with Gasteiger partial charge in [0.25, 0.3) is 0 Å². The first-order chi connectivity index (χ1) is 9.49. The smallest absolute Gasteiger partial charge is 0.0691 e. The van der Waals surface area contributed by atoms with E-state index in [1.54, 1.807) is 7.11 Å². The van der Waals surface area contributed by atoms with Crippen LogP contribution in [0, 0.1) is 17.3 Å². The van der Waals surface area contributed by atoms with Crippen LogP contribution in [-0.4, -0.2) is 56.5 Å². The van der Waals surface area contributed by atoms with Gasteiger partial charge >= 0.3 is 0 Å². The van der Waals surface area contributed by atoms with Crippen molar-refractivity contribution in [2.75, 3.05) is 40.0 Å². The van der Waals surface area contributed by atoms with Crippen molar-refractivity contribution in [2.45, 2.75) is 44.8 Å². The Morgan fingerprint density at radius 2 is 2.15 bits per heavy atom. The predicted octanol–water partition coefficient (Wildman–Crippen LogP) is 1.49. The molecule has 3 fully saturated rings. The summed E-state index contributed by atoms with van der Waals surface area (Å²) < 4.78 is 11.2. The van der Waals surface area contributed by atoms with Gasteiger partial charge in [0.15, 0.2) is 0 Å². The van der Waals surface area contributed by atoms with Gasteiger partial charge in [-0.3, -0.25) is 0 Å². The molecule has 0 radical (unpaired) electrons. The monoisotopic (exact) mass is 282 g/mol. The second-order valence-electron chi connectivity index (χ2n) is 7.65. The number of hydrogen-bond donors (Lipinski definition) is 1. The lowest BCUT2D eigenvalue weighted by molar-refractivity contribution is -0.165. The van der Waals surface area contributed by atoms with Crippen LogP contribution in [0.4, 0.5) is 0 Å². The van der Waals surface area contributed by atoms with Crippen molar-refractivity contribution in [3.8, 4) is 0 Å². The minimum absolute atomic E-state index is 0.0802. The van der Waals surface area contributed by atoms with Gasteiger partial charge in [0.05, 0.1) is 12.7 Å². The van der Waals surface area contributed by atoms with Crippen molar-refractivity contribution in [2.24, 2.45) is 23.0 Å². The van der Waals surface area contributed by atoms with E-state index in [-0.39, 0.29) is 11.0 Å². The lowest BCUT2D eigenvalue weighted by atomic mass is 9.48. The van der Waals surface area contributed by atoms with Gasteiger partial charge < -0.3 is 20.1 Å². The minimum atomic E-state index is -0.0802. The normalized spacial score (nSPS) is 44.1. The van der Waals surface area contributed by atoms with Crippen molar-refractivity contribution in [3.05, 3.63) is 0 Å². The fourth-order valence-corrected chi connectivity index (χ4v) is 4.83. The van der Waals surface area contributed by atoms with Crippen LogP contribution in [0.3, 0.4) is 0 Å². The molecule has 0 aromatic carbocycles. The fraction of sp³-hybridized carbons (Fsp3) is 1.00. The van der Waals surface area contributed by atoms with Crippen LogP contribution >= 0.6 is 0 Å². The average Bonchev–Trinajstić information content (AvgIpc) is 2.88. The van der Waals surface area contributed by atoms with E-state index in [0.717, 1.165) is 32.7 Å². The van der Waals surface area contributed by atoms with Gasteiger partial charge in [-0.1, -0.05) is 13.8 Å². The molecular formula is C16H30N2O2. The minimum Gasteiger partial charge on any atom is -0.384 e. The lowest BCUT2D eigenvalue weighted by Crippen LogP contribution is -2.78. The van der Waals surface area contributed by atoms with Crippen LogP contribution < -0.4 is 5.73 Å². The second kappa shape index (κ2) is 5.24. The van der Waals surface area contributed by atoms with Gasteiger partial charge in [0.1, 0.15) is 0 Å². The maximum Gasteiger partial charge on any atom is 0.0691 e. The third-order valence-corrected chi connectivity index (χ3v) is 6.16. The summed E-state index contributed by atoms with van der Waals surface area (Å²) in [6.45, 7) is 9.70. The Labute approximate surface area is 123 Å². The zero-order valence-electron chi connectivity index (χ0n) is 13.2. The number of fused-ring (bicyclic) bond motifs is 1. The van der Waals surface area contributed by atoms with Gasteiger partial charge in [0, 0.05) is 43.7 Å². The van der Waals surface area contributed by atoms with E-state index in [0.29, 0.717) is 17.9 Å². The Morgan fingerprint density at radius 3 is 2.90 bits per heavy atom. The molecule has 2 heterocycles. The molecule has 0 amide bonds. The second-order valence-corrected chi connectivity index (χ2v) is 7.65. The summed E-state index contributed by atoms with van der Waals surface area (Å²) in [5.74, 6) is 1.23. The summed E-state index contributed by atoms with van der Waals surface area (Å²) in [6, 6.07) is 0. The Hall–Kier alpha value is -0.160. The molecule has 116 valence electrons. The molecule has 0 aromatic heterocycles. The van der Waals surface area contributed by atoms with Crippen LogP contribution in [0.2, 0.25) is 0 Å². The number of hydrogen-bond acceptors (Lipinski definition) is 4. The summed E-state index contributed by atoms with van der Waals surface area (Å²) >= 11 is 0. The first kappa shape index (κ1) is 14.8. The van der Waals surface area contributed by atoms with Gasteiger partial charge in [-0.2, -0.15) is 0 Å². The molecular weight excluding hydrogens is 252 g/mol. The van der Waals surface area contributed by atoms with E-state index < -0.39 is 0 Å². The number of methoxy groups -OCH3 is 1. The molecule has 4 nitrogen and oxygen atoms in total. The quantitative estimate of drug-likeness (QED) is 0.848. The Kier molecular flexibility index (Phi) is 3.87. The van der Waals surface area contributed by atoms with E-state index in [1.165, 1.54) is 19.4 Å². The Bertz CT molecular complexity index is 358. The van der Waals surface area contributed by atoms with E-state index in [1.807, 2.05) is 0 Å². The number of ether oxygens (including phenoxy) is 2. The molecule has 4 unspecified atom stereocenters.